The van der Waals surface area contributed by atoms with Crippen LogP contribution in [0.3, 0.4) is 0 Å². The maximum atomic E-state index is 12.6. The normalized spacial score (nSPS) is 20.4. The molecule has 1 aromatic rings. The highest BCUT2D eigenvalue weighted by atomic mass is 16.5. The first kappa shape index (κ1) is 14.6. The smallest absolute Gasteiger partial charge is 0.310 e. The van der Waals surface area contributed by atoms with Crippen LogP contribution in [-0.4, -0.2) is 24.0 Å². The predicted molar refractivity (Wildman–Crippen MR) is 74.9 cm³/mol. The lowest BCUT2D eigenvalue weighted by Crippen LogP contribution is -2.42. The molecule has 108 valence electrons. The number of para-hydroxylation sites is 1. The molecule has 1 aromatic carbocycles. The van der Waals surface area contributed by atoms with Gasteiger partial charge in [0.2, 0.25) is 5.78 Å². The molecule has 2 rings (SSSR count). The molecule has 20 heavy (non-hydrogen) atoms. The maximum Gasteiger partial charge on any atom is 0.310 e. The Morgan fingerprint density at radius 2 is 2.05 bits per heavy atom. The molecule has 0 fully saturated rings. The molecular weight excluding hydrogens is 256 g/mol. The first-order valence-corrected chi connectivity index (χ1v) is 7.11. The summed E-state index contributed by atoms with van der Waals surface area (Å²) in [4.78, 5) is 24.4. The summed E-state index contributed by atoms with van der Waals surface area (Å²) in [6, 6.07) is 7.15. The number of hydrogen-bond acceptors (Lipinski definition) is 4. The summed E-state index contributed by atoms with van der Waals surface area (Å²) in [5.74, 6) is 0.0808. The highest BCUT2D eigenvalue weighted by Gasteiger charge is 2.49. The summed E-state index contributed by atoms with van der Waals surface area (Å²) in [6.07, 6.45) is 2.29. The molecule has 0 saturated heterocycles. The van der Waals surface area contributed by atoms with Crippen LogP contribution in [0.4, 0.5) is 0 Å². The molecule has 0 N–H and O–H groups in total. The molecule has 1 heterocycles. The van der Waals surface area contributed by atoms with Crippen molar-refractivity contribution in [2.24, 2.45) is 0 Å². The Balaban J connectivity index is 2.26. The number of hydrogen-bond donors (Lipinski definition) is 0. The van der Waals surface area contributed by atoms with Gasteiger partial charge in [-0.15, -0.1) is 0 Å². The zero-order valence-corrected chi connectivity index (χ0v) is 12.0. The lowest BCUT2D eigenvalue weighted by molar-refractivity contribution is -0.146. The van der Waals surface area contributed by atoms with Crippen molar-refractivity contribution in [3.8, 4) is 5.75 Å². The summed E-state index contributed by atoms with van der Waals surface area (Å²) in [7, 11) is 0. The van der Waals surface area contributed by atoms with Gasteiger partial charge in [0.25, 0.3) is 0 Å². The first-order valence-electron chi connectivity index (χ1n) is 7.11. The monoisotopic (exact) mass is 276 g/mol. The summed E-state index contributed by atoms with van der Waals surface area (Å²) in [5, 5.41) is 0. The van der Waals surface area contributed by atoms with Gasteiger partial charge in [0.05, 0.1) is 18.6 Å². The number of ketones is 1. The average molecular weight is 276 g/mol. The first-order chi connectivity index (χ1) is 9.63. The van der Waals surface area contributed by atoms with Gasteiger partial charge in [0, 0.05) is 0 Å². The third-order valence-corrected chi connectivity index (χ3v) is 3.52. The number of carbonyl (C=O) groups excluding carboxylic acids is 2. The summed E-state index contributed by atoms with van der Waals surface area (Å²) in [6.45, 7) is 4.11. The topological polar surface area (TPSA) is 52.6 Å². The quantitative estimate of drug-likeness (QED) is 0.749. The Labute approximate surface area is 119 Å². The Bertz CT molecular complexity index is 509. The molecular formula is C16H20O4. The van der Waals surface area contributed by atoms with Crippen LogP contribution in [0.2, 0.25) is 0 Å². The van der Waals surface area contributed by atoms with Gasteiger partial charge in [0.15, 0.2) is 5.60 Å². The molecule has 1 unspecified atom stereocenters. The number of esters is 1. The number of fused-ring (bicyclic) bond motifs is 1. The van der Waals surface area contributed by atoms with Crippen molar-refractivity contribution in [1.82, 2.24) is 0 Å². The lowest BCUT2D eigenvalue weighted by Gasteiger charge is -2.26. The molecule has 0 aliphatic carbocycles. The third kappa shape index (κ3) is 2.69. The number of benzene rings is 1. The molecule has 0 bridgehead atoms. The van der Waals surface area contributed by atoms with Crippen molar-refractivity contribution in [3.05, 3.63) is 29.8 Å². The van der Waals surface area contributed by atoms with Crippen molar-refractivity contribution in [2.75, 3.05) is 6.61 Å². The van der Waals surface area contributed by atoms with Gasteiger partial charge in [-0.2, -0.15) is 0 Å². The molecule has 0 saturated carbocycles. The highest BCUT2D eigenvalue weighted by Crippen LogP contribution is 2.40. The van der Waals surface area contributed by atoms with Crippen molar-refractivity contribution in [1.29, 1.82) is 0 Å². The Kier molecular flexibility index (Phi) is 4.42. The third-order valence-electron chi connectivity index (χ3n) is 3.52. The number of carbonyl (C=O) groups is 2. The molecule has 1 aliphatic rings. The van der Waals surface area contributed by atoms with Crippen LogP contribution < -0.4 is 4.74 Å². The SMILES string of the molecule is CCCCC1(CC(=O)OCC)Oc2ccccc2C1=O. The average Bonchev–Trinajstić information content (AvgIpc) is 2.71. The van der Waals surface area contributed by atoms with E-state index in [0.29, 0.717) is 24.3 Å². The number of ether oxygens (including phenoxy) is 2. The molecule has 0 amide bonds. The molecule has 0 aromatic heterocycles. The molecule has 0 spiro atoms. The van der Waals surface area contributed by atoms with E-state index in [1.54, 1.807) is 25.1 Å². The van der Waals surface area contributed by atoms with Gasteiger partial charge in [0.1, 0.15) is 5.75 Å². The summed E-state index contributed by atoms with van der Waals surface area (Å²) >= 11 is 0. The van der Waals surface area contributed by atoms with Crippen LogP contribution in [0.1, 0.15) is 49.9 Å². The molecule has 4 heteroatoms. The maximum absolute atomic E-state index is 12.6. The van der Waals surface area contributed by atoms with E-state index in [1.807, 2.05) is 13.0 Å². The van der Waals surface area contributed by atoms with Gasteiger partial charge in [-0.05, 0) is 31.9 Å². The molecule has 1 atom stereocenters. The lowest BCUT2D eigenvalue weighted by atomic mass is 9.87. The molecule has 1 aliphatic heterocycles. The second kappa shape index (κ2) is 6.07. The highest BCUT2D eigenvalue weighted by molar-refractivity contribution is 6.09. The minimum absolute atomic E-state index is 0.0195. The van der Waals surface area contributed by atoms with E-state index in [2.05, 4.69) is 0 Å². The van der Waals surface area contributed by atoms with Crippen LogP contribution in [0.25, 0.3) is 0 Å². The van der Waals surface area contributed by atoms with Gasteiger partial charge >= 0.3 is 5.97 Å². The van der Waals surface area contributed by atoms with E-state index in [1.165, 1.54) is 0 Å². The second-order valence-electron chi connectivity index (χ2n) is 5.01. The second-order valence-corrected chi connectivity index (χ2v) is 5.01. The number of rotatable bonds is 6. The standard InChI is InChI=1S/C16H20O4/c1-3-5-10-16(11-14(17)19-4-2)15(18)12-8-6-7-9-13(12)20-16/h6-9H,3-5,10-11H2,1-2H3. The Morgan fingerprint density at radius 1 is 1.30 bits per heavy atom. The van der Waals surface area contributed by atoms with Crippen molar-refractivity contribution >= 4 is 11.8 Å². The fraction of sp³-hybridized carbons (Fsp3) is 0.500. The number of unbranched alkanes of at least 4 members (excludes halogenated alkanes) is 1. The van der Waals surface area contributed by atoms with E-state index < -0.39 is 5.60 Å². The Hall–Kier alpha value is -1.84. The predicted octanol–water partition coefficient (Wildman–Crippen LogP) is 3.14. The fourth-order valence-corrected chi connectivity index (χ4v) is 2.52. The molecule has 0 radical (unpaired) electrons. The van der Waals surface area contributed by atoms with Gasteiger partial charge in [-0.25, -0.2) is 0 Å². The van der Waals surface area contributed by atoms with E-state index >= 15 is 0 Å². The van der Waals surface area contributed by atoms with Crippen LogP contribution in [0.15, 0.2) is 24.3 Å². The van der Waals surface area contributed by atoms with E-state index in [-0.39, 0.29) is 18.2 Å². The van der Waals surface area contributed by atoms with E-state index in [4.69, 9.17) is 9.47 Å². The van der Waals surface area contributed by atoms with Crippen LogP contribution >= 0.6 is 0 Å². The van der Waals surface area contributed by atoms with Crippen LogP contribution in [-0.2, 0) is 9.53 Å². The van der Waals surface area contributed by atoms with Crippen molar-refractivity contribution in [2.45, 2.75) is 45.1 Å². The fourth-order valence-electron chi connectivity index (χ4n) is 2.52. The largest absolute Gasteiger partial charge is 0.478 e. The van der Waals surface area contributed by atoms with Crippen molar-refractivity contribution in [3.63, 3.8) is 0 Å². The minimum atomic E-state index is -1.08. The zero-order valence-electron chi connectivity index (χ0n) is 12.0. The summed E-state index contributed by atoms with van der Waals surface area (Å²) in [5.41, 5.74) is -0.515. The zero-order chi connectivity index (χ0) is 14.6. The Morgan fingerprint density at radius 3 is 2.70 bits per heavy atom. The van der Waals surface area contributed by atoms with Crippen LogP contribution in [0, 0.1) is 0 Å². The number of Topliss-reactive ketones (excluding diaryl/α,β-unsaturated/α-hetero) is 1. The van der Waals surface area contributed by atoms with Gasteiger partial charge in [-0.1, -0.05) is 25.5 Å². The minimum Gasteiger partial charge on any atom is -0.478 e. The van der Waals surface area contributed by atoms with E-state index in [0.717, 1.165) is 12.8 Å². The summed E-state index contributed by atoms with van der Waals surface area (Å²) < 4.78 is 10.9. The van der Waals surface area contributed by atoms with Gasteiger partial charge < -0.3 is 9.47 Å². The van der Waals surface area contributed by atoms with E-state index in [9.17, 15) is 9.59 Å². The van der Waals surface area contributed by atoms with Gasteiger partial charge in [-0.3, -0.25) is 9.59 Å². The van der Waals surface area contributed by atoms with Crippen molar-refractivity contribution < 1.29 is 19.1 Å². The molecule has 4 nitrogen and oxygen atoms in total. The van der Waals surface area contributed by atoms with Crippen LogP contribution in [0.5, 0.6) is 5.75 Å².